The van der Waals surface area contributed by atoms with Gasteiger partial charge in [-0.2, -0.15) is 0 Å². The van der Waals surface area contributed by atoms with Crippen molar-refractivity contribution in [2.45, 2.75) is 13.0 Å². The second kappa shape index (κ2) is 23.2. The fourth-order valence-corrected chi connectivity index (χ4v) is 0.231. The first-order chi connectivity index (χ1) is 7.10. The predicted octanol–water partition coefficient (Wildman–Crippen LogP) is -1.95. The Morgan fingerprint density at radius 3 is 1.60 bits per heavy atom. The molecule has 0 amide bonds. The molecule has 0 heterocycles. The van der Waals surface area contributed by atoms with Crippen LogP contribution in [0.1, 0.15) is 6.92 Å². The second-order valence-corrected chi connectivity index (χ2v) is 2.20. The molecule has 1 unspecified atom stereocenters. The van der Waals surface area contributed by atoms with E-state index in [0.29, 0.717) is 13.2 Å². The quantitative estimate of drug-likeness (QED) is 0.273. The molecule has 0 fully saturated rings. The van der Waals surface area contributed by atoms with Crippen molar-refractivity contribution in [3.8, 4) is 0 Å². The Morgan fingerprint density at radius 1 is 1.20 bits per heavy atom. The fraction of sp³-hybridized carbons (Fsp3) is 0.875. The van der Waals surface area contributed by atoms with Gasteiger partial charge in [-0.1, -0.05) is 0 Å². The highest BCUT2D eigenvalue weighted by Crippen LogP contribution is 1.69. The lowest BCUT2D eigenvalue weighted by molar-refractivity contribution is -0.122. The lowest BCUT2D eigenvalue weighted by Gasteiger charge is -1.94. The zero-order valence-electron chi connectivity index (χ0n) is 8.74. The van der Waals surface area contributed by atoms with Crippen LogP contribution in [0.15, 0.2) is 0 Å². The number of carbonyl (C=O) groups is 1. The zero-order chi connectivity index (χ0) is 12.5. The molecule has 7 heteroatoms. The van der Waals surface area contributed by atoms with Gasteiger partial charge in [0.25, 0.3) is 6.47 Å². The Morgan fingerprint density at radius 2 is 1.47 bits per heavy atom. The second-order valence-electron chi connectivity index (χ2n) is 2.20. The minimum Gasteiger partial charge on any atom is -0.483 e. The van der Waals surface area contributed by atoms with E-state index in [0.717, 1.165) is 0 Å². The predicted molar refractivity (Wildman–Crippen MR) is 52.5 cm³/mol. The molecule has 0 radical (unpaired) electrons. The Bertz CT molecular complexity index is 93.0. The van der Waals surface area contributed by atoms with E-state index in [2.05, 4.69) is 4.74 Å². The number of hydrogen-bond donors (Lipinski definition) is 5. The summed E-state index contributed by atoms with van der Waals surface area (Å²) in [5.74, 6) is 0. The topological polar surface area (TPSA) is 127 Å². The van der Waals surface area contributed by atoms with Crippen molar-refractivity contribution < 1.29 is 35.1 Å². The Hall–Kier alpha value is -0.730. The van der Waals surface area contributed by atoms with E-state index in [9.17, 15) is 0 Å². The summed E-state index contributed by atoms with van der Waals surface area (Å²) in [4.78, 5) is 8.36. The van der Waals surface area contributed by atoms with Crippen LogP contribution < -0.4 is 0 Å². The maximum absolute atomic E-state index is 8.36. The lowest BCUT2D eigenvalue weighted by Crippen LogP contribution is -2.03. The van der Waals surface area contributed by atoms with Crippen molar-refractivity contribution in [1.82, 2.24) is 0 Å². The minimum atomic E-state index is -0.560. The molecule has 5 N–H and O–H groups in total. The Kier molecular flexibility index (Phi) is 30.7. The molecule has 94 valence electrons. The van der Waals surface area contributed by atoms with Gasteiger partial charge in [-0.15, -0.1) is 0 Å². The summed E-state index contributed by atoms with van der Waals surface area (Å²) in [6.45, 7) is 1.83. The van der Waals surface area contributed by atoms with Crippen LogP contribution in [0.5, 0.6) is 0 Å². The number of aliphatic hydroxyl groups is 4. The highest BCUT2D eigenvalue weighted by Gasteiger charge is 1.83. The molecule has 7 nitrogen and oxygen atoms in total. The van der Waals surface area contributed by atoms with E-state index in [-0.39, 0.29) is 26.3 Å². The standard InChI is InChI=1S/C4H10O3.C3H8O2.CH2O2/c5-1-3-7-4-2-6;1-3(5)2-4;2-1-3/h5-6H,1-4H2;3-5H,2H2,1H3;1H,(H,2,3). The number of carboxylic acid groups (broad SMARTS) is 1. The third-order valence-corrected chi connectivity index (χ3v) is 0.735. The molecule has 15 heavy (non-hydrogen) atoms. The summed E-state index contributed by atoms with van der Waals surface area (Å²) in [6, 6.07) is 0. The van der Waals surface area contributed by atoms with E-state index >= 15 is 0 Å². The summed E-state index contributed by atoms with van der Waals surface area (Å²) < 4.78 is 4.63. The minimum absolute atomic E-state index is 0.0278. The SMILES string of the molecule is CC(O)CO.O=CO.OCCOCCO. The van der Waals surface area contributed by atoms with Crippen LogP contribution in [-0.2, 0) is 9.53 Å². The molecule has 0 bridgehead atoms. The van der Waals surface area contributed by atoms with Crippen LogP contribution in [-0.4, -0.2) is 71.1 Å². The Balaban J connectivity index is -0.000000158. The smallest absolute Gasteiger partial charge is 0.290 e. The first kappa shape index (κ1) is 19.8. The van der Waals surface area contributed by atoms with Gasteiger partial charge in [-0.05, 0) is 6.92 Å². The summed E-state index contributed by atoms with van der Waals surface area (Å²) in [6.07, 6.45) is -0.560. The largest absolute Gasteiger partial charge is 0.483 e. The van der Waals surface area contributed by atoms with E-state index in [1.165, 1.54) is 6.92 Å². The van der Waals surface area contributed by atoms with E-state index < -0.39 is 6.10 Å². The zero-order valence-corrected chi connectivity index (χ0v) is 8.74. The lowest BCUT2D eigenvalue weighted by atomic mass is 10.5. The molecule has 1 atom stereocenters. The van der Waals surface area contributed by atoms with Gasteiger partial charge in [-0.25, -0.2) is 0 Å². The van der Waals surface area contributed by atoms with Crippen molar-refractivity contribution in [3.63, 3.8) is 0 Å². The monoisotopic (exact) mass is 228 g/mol. The maximum Gasteiger partial charge on any atom is 0.290 e. The fourth-order valence-electron chi connectivity index (χ4n) is 0.231. The maximum atomic E-state index is 8.36. The third-order valence-electron chi connectivity index (χ3n) is 0.735. The highest BCUT2D eigenvalue weighted by atomic mass is 16.5. The summed E-state index contributed by atoms with van der Waals surface area (Å²) in [5, 5.41) is 39.1. The Labute approximate surface area is 88.6 Å². The molecule has 0 aliphatic carbocycles. The molecular formula is C8H20O7. The summed E-state index contributed by atoms with van der Waals surface area (Å²) >= 11 is 0. The average Bonchev–Trinajstić information content (AvgIpc) is 2.21. The molecule has 0 aromatic carbocycles. The van der Waals surface area contributed by atoms with Crippen LogP contribution in [0.3, 0.4) is 0 Å². The van der Waals surface area contributed by atoms with Crippen LogP contribution >= 0.6 is 0 Å². The molecule has 0 saturated carbocycles. The van der Waals surface area contributed by atoms with Gasteiger partial charge in [-0.3, -0.25) is 4.79 Å². The first-order valence-corrected chi connectivity index (χ1v) is 4.26. The highest BCUT2D eigenvalue weighted by molar-refractivity contribution is 5.32. The van der Waals surface area contributed by atoms with Gasteiger partial charge < -0.3 is 30.3 Å². The molecule has 0 saturated heterocycles. The van der Waals surface area contributed by atoms with Gasteiger partial charge in [0.1, 0.15) is 0 Å². The first-order valence-electron chi connectivity index (χ1n) is 4.26. The summed E-state index contributed by atoms with van der Waals surface area (Å²) in [7, 11) is 0. The normalized spacial score (nSPS) is 10.2. The number of hydrogen-bond acceptors (Lipinski definition) is 6. The van der Waals surface area contributed by atoms with Gasteiger partial charge >= 0.3 is 0 Å². The molecule has 0 aliphatic heterocycles. The molecule has 0 rings (SSSR count). The van der Waals surface area contributed by atoms with Crippen molar-refractivity contribution >= 4 is 6.47 Å². The van der Waals surface area contributed by atoms with Crippen molar-refractivity contribution in [2.24, 2.45) is 0 Å². The molecule has 0 aromatic heterocycles. The molecular weight excluding hydrogens is 208 g/mol. The van der Waals surface area contributed by atoms with E-state index in [4.69, 9.17) is 30.3 Å². The molecule has 0 spiro atoms. The number of aliphatic hydroxyl groups excluding tert-OH is 4. The van der Waals surface area contributed by atoms with E-state index in [1.807, 2.05) is 0 Å². The number of ether oxygens (including phenoxy) is 1. The van der Waals surface area contributed by atoms with Gasteiger partial charge in [0.05, 0.1) is 39.1 Å². The van der Waals surface area contributed by atoms with Crippen molar-refractivity contribution in [2.75, 3.05) is 33.0 Å². The van der Waals surface area contributed by atoms with Crippen LogP contribution in [0, 0.1) is 0 Å². The van der Waals surface area contributed by atoms with Crippen LogP contribution in [0.25, 0.3) is 0 Å². The van der Waals surface area contributed by atoms with Crippen molar-refractivity contribution in [1.29, 1.82) is 0 Å². The van der Waals surface area contributed by atoms with Crippen molar-refractivity contribution in [3.05, 3.63) is 0 Å². The van der Waals surface area contributed by atoms with Crippen LogP contribution in [0.4, 0.5) is 0 Å². The van der Waals surface area contributed by atoms with E-state index in [1.54, 1.807) is 0 Å². The van der Waals surface area contributed by atoms with Gasteiger partial charge in [0.2, 0.25) is 0 Å². The summed E-state index contributed by atoms with van der Waals surface area (Å²) in [5.41, 5.74) is 0. The molecule has 0 aromatic rings. The average molecular weight is 228 g/mol. The third kappa shape index (κ3) is 60.7. The van der Waals surface area contributed by atoms with Crippen LogP contribution in [0.2, 0.25) is 0 Å². The van der Waals surface area contributed by atoms with Gasteiger partial charge in [0.15, 0.2) is 0 Å². The number of rotatable bonds is 5. The molecule has 0 aliphatic rings. The van der Waals surface area contributed by atoms with Gasteiger partial charge in [0, 0.05) is 0 Å².